The maximum Gasteiger partial charge on any atom is 0.139 e. The highest BCUT2D eigenvalue weighted by Gasteiger charge is 2.02. The van der Waals surface area contributed by atoms with E-state index in [0.717, 1.165) is 38.9 Å². The number of nitrogens with zero attached hydrogens (tertiary/aromatic N) is 2. The van der Waals surface area contributed by atoms with Gasteiger partial charge in [0.15, 0.2) is 0 Å². The normalized spacial score (nSPS) is 12.3. The van der Waals surface area contributed by atoms with E-state index in [0.29, 0.717) is 12.3 Å². The summed E-state index contributed by atoms with van der Waals surface area (Å²) in [7, 11) is 0. The van der Waals surface area contributed by atoms with Gasteiger partial charge in [0.2, 0.25) is 0 Å². The second-order valence-corrected chi connectivity index (χ2v) is 3.61. The summed E-state index contributed by atoms with van der Waals surface area (Å²) >= 11 is 0. The van der Waals surface area contributed by atoms with Gasteiger partial charge in [-0.25, -0.2) is 0 Å². The molecule has 5 nitrogen and oxygen atoms in total. The highest BCUT2D eigenvalue weighted by molar-refractivity contribution is 5.79. The number of aliphatic hydroxyl groups is 1. The Kier molecular flexibility index (Phi) is 9.21. The molecule has 5 heteroatoms. The molecule has 90 valence electrons. The van der Waals surface area contributed by atoms with Gasteiger partial charge in [-0.2, -0.15) is 0 Å². The van der Waals surface area contributed by atoms with Crippen LogP contribution in [-0.2, 0) is 0 Å². The Balaban J connectivity index is 3.52. The fourth-order valence-electron chi connectivity index (χ4n) is 1.48. The number of amidine groups is 1. The lowest BCUT2D eigenvalue weighted by atomic mass is 10.2. The first-order valence-corrected chi connectivity index (χ1v) is 5.54. The molecule has 0 saturated carbocycles. The van der Waals surface area contributed by atoms with E-state index in [4.69, 9.17) is 16.0 Å². The van der Waals surface area contributed by atoms with Crippen molar-refractivity contribution in [3.8, 4) is 0 Å². The van der Waals surface area contributed by atoms with Crippen molar-refractivity contribution in [2.75, 3.05) is 26.2 Å². The molecule has 0 aliphatic carbocycles. The second kappa shape index (κ2) is 9.73. The highest BCUT2D eigenvalue weighted by Crippen LogP contribution is 1.99. The minimum atomic E-state index is 0.209. The Morgan fingerprint density at radius 3 is 2.53 bits per heavy atom. The molecule has 0 aliphatic heterocycles. The second-order valence-electron chi connectivity index (χ2n) is 3.61. The highest BCUT2D eigenvalue weighted by atomic mass is 16.4. The van der Waals surface area contributed by atoms with Crippen LogP contribution in [0.4, 0.5) is 0 Å². The van der Waals surface area contributed by atoms with Crippen molar-refractivity contribution in [2.24, 2.45) is 10.9 Å². The van der Waals surface area contributed by atoms with Gasteiger partial charge < -0.3 is 20.9 Å². The first kappa shape index (κ1) is 14.2. The third-order valence-electron chi connectivity index (χ3n) is 2.24. The minimum Gasteiger partial charge on any atom is -0.409 e. The molecule has 0 bridgehead atoms. The first-order valence-electron chi connectivity index (χ1n) is 5.54. The number of hydrogen-bond acceptors (Lipinski definition) is 4. The average molecular weight is 217 g/mol. The zero-order chi connectivity index (χ0) is 11.5. The Morgan fingerprint density at radius 1 is 1.27 bits per heavy atom. The standard InChI is InChI=1S/C10H23N3O2/c1-2-6-13(8-9-14)7-4-3-5-10(11)12-15/h14-15H,2-9H2,1H3,(H2,11,12). The molecule has 0 unspecified atom stereocenters. The maximum absolute atomic E-state index is 8.83. The first-order chi connectivity index (χ1) is 7.24. The van der Waals surface area contributed by atoms with E-state index < -0.39 is 0 Å². The third-order valence-corrected chi connectivity index (χ3v) is 2.24. The predicted molar refractivity (Wildman–Crippen MR) is 61.1 cm³/mol. The predicted octanol–water partition coefficient (Wildman–Crippen LogP) is 0.607. The lowest BCUT2D eigenvalue weighted by Gasteiger charge is -2.20. The number of unbranched alkanes of at least 4 members (excludes halogenated alkanes) is 1. The molecule has 0 atom stereocenters. The summed E-state index contributed by atoms with van der Waals surface area (Å²) < 4.78 is 0. The van der Waals surface area contributed by atoms with Gasteiger partial charge in [-0.3, -0.25) is 0 Å². The summed E-state index contributed by atoms with van der Waals surface area (Å²) in [4.78, 5) is 2.23. The van der Waals surface area contributed by atoms with E-state index in [2.05, 4.69) is 17.0 Å². The topological polar surface area (TPSA) is 82.1 Å². The Hall–Kier alpha value is -0.810. The van der Waals surface area contributed by atoms with Crippen LogP contribution in [0.5, 0.6) is 0 Å². The van der Waals surface area contributed by atoms with Gasteiger partial charge in [0, 0.05) is 13.0 Å². The van der Waals surface area contributed by atoms with Crippen LogP contribution in [0.2, 0.25) is 0 Å². The van der Waals surface area contributed by atoms with Gasteiger partial charge in [0.1, 0.15) is 5.84 Å². The van der Waals surface area contributed by atoms with Crippen molar-refractivity contribution in [2.45, 2.75) is 32.6 Å². The Morgan fingerprint density at radius 2 is 2.00 bits per heavy atom. The maximum atomic E-state index is 8.83. The number of hydrogen-bond donors (Lipinski definition) is 3. The van der Waals surface area contributed by atoms with Gasteiger partial charge in [0.05, 0.1) is 6.61 Å². The van der Waals surface area contributed by atoms with Crippen LogP contribution in [0.1, 0.15) is 32.6 Å². The van der Waals surface area contributed by atoms with Gasteiger partial charge in [-0.1, -0.05) is 12.1 Å². The average Bonchev–Trinajstić information content (AvgIpc) is 2.24. The van der Waals surface area contributed by atoms with Crippen molar-refractivity contribution in [3.05, 3.63) is 0 Å². The Labute approximate surface area is 91.6 Å². The quantitative estimate of drug-likeness (QED) is 0.174. The molecule has 0 fully saturated rings. The molecule has 15 heavy (non-hydrogen) atoms. The molecular weight excluding hydrogens is 194 g/mol. The smallest absolute Gasteiger partial charge is 0.139 e. The molecule has 0 aromatic rings. The molecule has 0 aliphatic rings. The van der Waals surface area contributed by atoms with Crippen molar-refractivity contribution in [1.29, 1.82) is 0 Å². The van der Waals surface area contributed by atoms with Gasteiger partial charge in [0.25, 0.3) is 0 Å². The molecule has 0 aromatic carbocycles. The monoisotopic (exact) mass is 217 g/mol. The van der Waals surface area contributed by atoms with Crippen molar-refractivity contribution < 1.29 is 10.3 Å². The van der Waals surface area contributed by atoms with Gasteiger partial charge in [-0.15, -0.1) is 0 Å². The van der Waals surface area contributed by atoms with E-state index in [-0.39, 0.29) is 6.61 Å². The fraction of sp³-hybridized carbons (Fsp3) is 0.900. The Bertz CT molecular complexity index is 168. The van der Waals surface area contributed by atoms with Crippen LogP contribution in [0.15, 0.2) is 5.16 Å². The van der Waals surface area contributed by atoms with Crippen molar-refractivity contribution >= 4 is 5.84 Å². The zero-order valence-electron chi connectivity index (χ0n) is 9.52. The molecule has 0 amide bonds. The lowest BCUT2D eigenvalue weighted by Crippen LogP contribution is -2.29. The minimum absolute atomic E-state index is 0.209. The summed E-state index contributed by atoms with van der Waals surface area (Å²) in [5.74, 6) is 0.291. The van der Waals surface area contributed by atoms with Crippen LogP contribution in [0.25, 0.3) is 0 Å². The molecule has 0 saturated heterocycles. The van der Waals surface area contributed by atoms with Gasteiger partial charge >= 0.3 is 0 Å². The summed E-state index contributed by atoms with van der Waals surface area (Å²) in [5.41, 5.74) is 5.35. The summed E-state index contributed by atoms with van der Waals surface area (Å²) in [5, 5.41) is 20.1. The molecule has 0 aromatic heterocycles. The summed E-state index contributed by atoms with van der Waals surface area (Å²) in [6.07, 6.45) is 3.66. The van der Waals surface area contributed by atoms with Crippen LogP contribution in [0.3, 0.4) is 0 Å². The number of aliphatic hydroxyl groups excluding tert-OH is 1. The van der Waals surface area contributed by atoms with Crippen LogP contribution in [-0.4, -0.2) is 47.3 Å². The zero-order valence-corrected chi connectivity index (χ0v) is 9.52. The van der Waals surface area contributed by atoms with E-state index in [1.54, 1.807) is 0 Å². The SMILES string of the molecule is CCCN(CCO)CCCC/C(N)=N/O. The molecule has 0 radical (unpaired) electrons. The molecule has 0 rings (SSSR count). The molecular formula is C10H23N3O2. The third kappa shape index (κ3) is 8.20. The largest absolute Gasteiger partial charge is 0.409 e. The molecule has 0 spiro atoms. The summed E-state index contributed by atoms with van der Waals surface area (Å²) in [6.45, 7) is 5.05. The van der Waals surface area contributed by atoms with Crippen molar-refractivity contribution in [1.82, 2.24) is 4.90 Å². The van der Waals surface area contributed by atoms with E-state index in [1.807, 2.05) is 0 Å². The van der Waals surface area contributed by atoms with E-state index >= 15 is 0 Å². The summed E-state index contributed by atoms with van der Waals surface area (Å²) in [6, 6.07) is 0. The number of rotatable bonds is 9. The van der Waals surface area contributed by atoms with Gasteiger partial charge in [-0.05, 0) is 32.4 Å². The number of nitrogens with two attached hydrogens (primary N) is 1. The van der Waals surface area contributed by atoms with Crippen LogP contribution in [0, 0.1) is 0 Å². The van der Waals surface area contributed by atoms with Crippen LogP contribution < -0.4 is 5.73 Å². The molecule has 0 heterocycles. The number of oxime groups is 1. The van der Waals surface area contributed by atoms with Crippen LogP contribution >= 0.6 is 0 Å². The van der Waals surface area contributed by atoms with Crippen molar-refractivity contribution in [3.63, 3.8) is 0 Å². The van der Waals surface area contributed by atoms with E-state index in [9.17, 15) is 0 Å². The van der Waals surface area contributed by atoms with E-state index in [1.165, 1.54) is 0 Å². The lowest BCUT2D eigenvalue weighted by molar-refractivity contribution is 0.194. The molecule has 4 N–H and O–H groups in total. The fourth-order valence-corrected chi connectivity index (χ4v) is 1.48.